The molecule has 0 saturated heterocycles. The number of hydrogen-bond acceptors (Lipinski definition) is 3. The minimum absolute atomic E-state index is 0.0377. The summed E-state index contributed by atoms with van der Waals surface area (Å²) in [6.45, 7) is 2.97. The molecule has 0 unspecified atom stereocenters. The summed E-state index contributed by atoms with van der Waals surface area (Å²) < 4.78 is 0. The molecule has 0 atom stereocenters. The molecule has 0 heterocycles. The number of hydrogen-bond donors (Lipinski definition) is 2. The summed E-state index contributed by atoms with van der Waals surface area (Å²) in [4.78, 5) is 35.4. The Morgan fingerprint density at radius 1 is 0.864 bits per heavy atom. The number of carbonyl (C=O) groups excluding carboxylic acids is 1. The van der Waals surface area contributed by atoms with Crippen LogP contribution in [0.4, 0.5) is 0 Å². The summed E-state index contributed by atoms with van der Waals surface area (Å²) in [6.07, 6.45) is 0. The van der Waals surface area contributed by atoms with Gasteiger partial charge in [0.05, 0.1) is 11.1 Å². The Hall–Kier alpha value is -2.95. The van der Waals surface area contributed by atoms with Crippen LogP contribution in [0.5, 0.6) is 0 Å². The second-order valence-electron chi connectivity index (χ2n) is 4.92. The maximum Gasteiger partial charge on any atom is 0.336 e. The lowest BCUT2D eigenvalue weighted by atomic mass is 9.88. The molecule has 0 saturated carbocycles. The van der Waals surface area contributed by atoms with Crippen LogP contribution in [0.2, 0.25) is 0 Å². The molecular weight excluding hydrogens is 284 g/mol. The predicted molar refractivity (Wildman–Crippen MR) is 79.7 cm³/mol. The van der Waals surface area contributed by atoms with Gasteiger partial charge in [-0.3, -0.25) is 4.79 Å². The Morgan fingerprint density at radius 3 is 1.95 bits per heavy atom. The van der Waals surface area contributed by atoms with Crippen LogP contribution >= 0.6 is 0 Å². The first-order valence-corrected chi connectivity index (χ1v) is 6.55. The van der Waals surface area contributed by atoms with Gasteiger partial charge in [0.15, 0.2) is 5.78 Å². The monoisotopic (exact) mass is 298 g/mol. The minimum atomic E-state index is -1.26. The molecule has 2 N–H and O–H groups in total. The fourth-order valence-corrected chi connectivity index (χ4v) is 2.51. The smallest absolute Gasteiger partial charge is 0.336 e. The van der Waals surface area contributed by atoms with Crippen LogP contribution in [-0.4, -0.2) is 27.9 Å². The first kappa shape index (κ1) is 15.4. The van der Waals surface area contributed by atoms with Crippen molar-refractivity contribution in [2.45, 2.75) is 13.8 Å². The summed E-state index contributed by atoms with van der Waals surface area (Å²) in [5.74, 6) is -2.95. The van der Waals surface area contributed by atoms with Crippen molar-refractivity contribution in [2.75, 3.05) is 0 Å². The number of ketones is 1. The molecule has 5 heteroatoms. The lowest BCUT2D eigenvalue weighted by Gasteiger charge is -2.14. The normalized spacial score (nSPS) is 10.3. The maximum absolute atomic E-state index is 12.6. The van der Waals surface area contributed by atoms with E-state index in [1.165, 1.54) is 19.9 Å². The largest absolute Gasteiger partial charge is 0.478 e. The Balaban J connectivity index is 2.78. The van der Waals surface area contributed by atoms with Gasteiger partial charge in [0.2, 0.25) is 0 Å². The molecule has 22 heavy (non-hydrogen) atoms. The van der Waals surface area contributed by atoms with E-state index in [2.05, 4.69) is 0 Å². The first-order chi connectivity index (χ1) is 10.3. The average molecular weight is 298 g/mol. The molecule has 0 spiro atoms. The lowest BCUT2D eigenvalue weighted by molar-refractivity contribution is 0.0677. The Morgan fingerprint density at radius 2 is 1.45 bits per heavy atom. The van der Waals surface area contributed by atoms with Crippen molar-refractivity contribution < 1.29 is 24.6 Å². The first-order valence-electron chi connectivity index (χ1n) is 6.55. The van der Waals surface area contributed by atoms with Crippen molar-refractivity contribution in [2.24, 2.45) is 0 Å². The van der Waals surface area contributed by atoms with E-state index < -0.39 is 17.7 Å². The molecule has 2 aromatic rings. The third kappa shape index (κ3) is 2.61. The molecule has 0 amide bonds. The van der Waals surface area contributed by atoms with Crippen molar-refractivity contribution in [3.63, 3.8) is 0 Å². The number of carboxylic acids is 2. The van der Waals surface area contributed by atoms with Crippen molar-refractivity contribution in [1.82, 2.24) is 0 Å². The van der Waals surface area contributed by atoms with Gasteiger partial charge in [-0.2, -0.15) is 0 Å². The summed E-state index contributed by atoms with van der Waals surface area (Å²) in [5.41, 5.74) is 0.485. The van der Waals surface area contributed by atoms with E-state index in [1.807, 2.05) is 0 Å². The number of carbonyl (C=O) groups is 3. The minimum Gasteiger partial charge on any atom is -0.478 e. The zero-order valence-corrected chi connectivity index (χ0v) is 12.1. The highest BCUT2D eigenvalue weighted by Crippen LogP contribution is 2.25. The molecule has 2 aromatic carbocycles. The van der Waals surface area contributed by atoms with Crippen molar-refractivity contribution in [3.05, 3.63) is 69.8 Å². The van der Waals surface area contributed by atoms with Gasteiger partial charge >= 0.3 is 11.9 Å². The third-order valence-electron chi connectivity index (χ3n) is 3.48. The molecule has 0 bridgehead atoms. The molecule has 5 nitrogen and oxygen atoms in total. The van der Waals surface area contributed by atoms with Gasteiger partial charge in [0.1, 0.15) is 0 Å². The molecule has 0 aliphatic rings. The van der Waals surface area contributed by atoms with Gasteiger partial charge in [0, 0.05) is 11.1 Å². The highest BCUT2D eigenvalue weighted by atomic mass is 16.4. The van der Waals surface area contributed by atoms with Crippen LogP contribution in [0, 0.1) is 13.8 Å². The highest BCUT2D eigenvalue weighted by Gasteiger charge is 2.25. The third-order valence-corrected chi connectivity index (χ3v) is 3.48. The fourth-order valence-electron chi connectivity index (χ4n) is 2.51. The molecule has 0 aromatic heterocycles. The van der Waals surface area contributed by atoms with Gasteiger partial charge in [-0.1, -0.05) is 30.3 Å². The van der Waals surface area contributed by atoms with E-state index in [9.17, 15) is 24.6 Å². The number of rotatable bonds is 4. The topological polar surface area (TPSA) is 91.7 Å². The predicted octanol–water partition coefficient (Wildman–Crippen LogP) is 2.93. The molecule has 112 valence electrons. The summed E-state index contributed by atoms with van der Waals surface area (Å²) in [5, 5.41) is 18.6. The Bertz CT molecular complexity index is 775. The van der Waals surface area contributed by atoms with E-state index in [1.54, 1.807) is 30.3 Å². The van der Waals surface area contributed by atoms with Crippen LogP contribution in [0.25, 0.3) is 0 Å². The van der Waals surface area contributed by atoms with Gasteiger partial charge in [-0.25, -0.2) is 9.59 Å². The van der Waals surface area contributed by atoms with E-state index in [0.29, 0.717) is 11.1 Å². The Labute approximate surface area is 126 Å². The van der Waals surface area contributed by atoms with E-state index in [-0.39, 0.29) is 22.3 Å². The van der Waals surface area contributed by atoms with Crippen LogP contribution in [-0.2, 0) is 0 Å². The van der Waals surface area contributed by atoms with E-state index >= 15 is 0 Å². The van der Waals surface area contributed by atoms with Crippen LogP contribution < -0.4 is 0 Å². The molecule has 2 rings (SSSR count). The van der Waals surface area contributed by atoms with Gasteiger partial charge in [-0.15, -0.1) is 0 Å². The quantitative estimate of drug-likeness (QED) is 0.847. The summed E-state index contributed by atoms with van der Waals surface area (Å²) >= 11 is 0. The van der Waals surface area contributed by atoms with Gasteiger partial charge in [0.25, 0.3) is 0 Å². The van der Waals surface area contributed by atoms with Crippen molar-refractivity contribution in [3.8, 4) is 0 Å². The Kier molecular flexibility index (Phi) is 4.08. The second-order valence-corrected chi connectivity index (χ2v) is 4.92. The summed E-state index contributed by atoms with van der Waals surface area (Å²) in [7, 11) is 0. The highest BCUT2D eigenvalue weighted by molar-refractivity contribution is 6.16. The molecule has 0 aliphatic carbocycles. The van der Waals surface area contributed by atoms with Crippen LogP contribution in [0.3, 0.4) is 0 Å². The zero-order valence-electron chi connectivity index (χ0n) is 12.1. The fraction of sp³-hybridized carbons (Fsp3) is 0.118. The second kappa shape index (κ2) is 5.81. The zero-order chi connectivity index (χ0) is 16.4. The number of benzene rings is 2. The maximum atomic E-state index is 12.6. The molecule has 0 aliphatic heterocycles. The number of carboxylic acid groups (broad SMARTS) is 2. The molecule has 0 fully saturated rings. The summed E-state index contributed by atoms with van der Waals surface area (Å²) in [6, 6.07) is 9.42. The SMILES string of the molecule is Cc1cc(C(=O)O)c(C(=O)c2ccccc2)c(C)c1C(=O)O. The van der Waals surface area contributed by atoms with Crippen LogP contribution in [0.1, 0.15) is 47.8 Å². The average Bonchev–Trinajstić information content (AvgIpc) is 2.46. The lowest BCUT2D eigenvalue weighted by Crippen LogP contribution is -2.16. The van der Waals surface area contributed by atoms with Gasteiger partial charge in [-0.05, 0) is 31.0 Å². The van der Waals surface area contributed by atoms with Gasteiger partial charge < -0.3 is 10.2 Å². The van der Waals surface area contributed by atoms with Crippen molar-refractivity contribution in [1.29, 1.82) is 0 Å². The molecule has 0 radical (unpaired) electrons. The van der Waals surface area contributed by atoms with Crippen LogP contribution in [0.15, 0.2) is 36.4 Å². The van der Waals surface area contributed by atoms with E-state index in [4.69, 9.17) is 0 Å². The van der Waals surface area contributed by atoms with E-state index in [0.717, 1.165) is 0 Å². The standard InChI is InChI=1S/C17H14O5/c1-9-8-12(16(19)20)14(10(2)13(9)17(21)22)15(18)11-6-4-3-5-7-11/h3-8H,1-2H3,(H,19,20)(H,21,22). The number of aryl methyl sites for hydroxylation is 1. The van der Waals surface area contributed by atoms with Crippen molar-refractivity contribution >= 4 is 17.7 Å². The number of aromatic carboxylic acids is 2. The molecular formula is C17H14O5.